The number of hydrogen-bond donors (Lipinski definition) is 0. The standard InChI is InChI=1S/C12H8FO/c13-10-6-8-12(9-7-10)14-11-4-2-1-3-5-11/h1-2,4-9H. The van der Waals surface area contributed by atoms with Crippen molar-refractivity contribution in [2.45, 2.75) is 0 Å². The largest absolute Gasteiger partial charge is 0.457 e. The molecule has 0 bridgehead atoms. The summed E-state index contributed by atoms with van der Waals surface area (Å²) >= 11 is 0. The minimum atomic E-state index is -0.267. The molecule has 14 heavy (non-hydrogen) atoms. The van der Waals surface area contributed by atoms with Crippen LogP contribution in [0.4, 0.5) is 4.39 Å². The first-order valence-corrected chi connectivity index (χ1v) is 4.24. The van der Waals surface area contributed by atoms with Crippen LogP contribution in [-0.4, -0.2) is 0 Å². The Hall–Kier alpha value is -1.83. The monoisotopic (exact) mass is 187 g/mol. The fraction of sp³-hybridized carbons (Fsp3) is 0. The van der Waals surface area contributed by atoms with Gasteiger partial charge < -0.3 is 4.74 Å². The number of benzene rings is 2. The fourth-order valence-electron chi connectivity index (χ4n) is 1.08. The number of rotatable bonds is 2. The van der Waals surface area contributed by atoms with Crippen molar-refractivity contribution in [3.8, 4) is 11.5 Å². The summed E-state index contributed by atoms with van der Waals surface area (Å²) in [6.45, 7) is 0. The Kier molecular flexibility index (Phi) is 2.45. The third-order valence-corrected chi connectivity index (χ3v) is 1.73. The lowest BCUT2D eigenvalue weighted by Crippen LogP contribution is -1.83. The molecule has 0 N–H and O–H groups in total. The highest BCUT2D eigenvalue weighted by Gasteiger charge is 1.95. The third-order valence-electron chi connectivity index (χ3n) is 1.73. The van der Waals surface area contributed by atoms with Gasteiger partial charge in [-0.25, -0.2) is 4.39 Å². The van der Waals surface area contributed by atoms with Gasteiger partial charge in [0.1, 0.15) is 17.3 Å². The van der Waals surface area contributed by atoms with Crippen LogP contribution in [0.5, 0.6) is 11.5 Å². The van der Waals surface area contributed by atoms with Crippen LogP contribution in [0.3, 0.4) is 0 Å². The molecule has 2 rings (SSSR count). The van der Waals surface area contributed by atoms with Crippen molar-refractivity contribution < 1.29 is 9.13 Å². The topological polar surface area (TPSA) is 9.23 Å². The summed E-state index contributed by atoms with van der Waals surface area (Å²) in [5.41, 5.74) is 0. The Morgan fingerprint density at radius 2 is 1.79 bits per heavy atom. The van der Waals surface area contributed by atoms with E-state index in [0.717, 1.165) is 0 Å². The number of ether oxygens (including phenoxy) is 1. The smallest absolute Gasteiger partial charge is 0.128 e. The second-order valence-corrected chi connectivity index (χ2v) is 2.80. The van der Waals surface area contributed by atoms with Crippen LogP contribution in [0.1, 0.15) is 0 Å². The van der Waals surface area contributed by atoms with Gasteiger partial charge in [0, 0.05) is 0 Å². The molecule has 0 aliphatic carbocycles. The Bertz CT molecular complexity index is 394. The summed E-state index contributed by atoms with van der Waals surface area (Å²) in [4.78, 5) is 0. The van der Waals surface area contributed by atoms with E-state index in [4.69, 9.17) is 4.74 Å². The molecule has 2 heteroatoms. The Balaban J connectivity index is 2.16. The van der Waals surface area contributed by atoms with Gasteiger partial charge in [0.25, 0.3) is 0 Å². The molecule has 69 valence electrons. The predicted molar refractivity (Wildman–Crippen MR) is 51.8 cm³/mol. The molecule has 0 aliphatic rings. The van der Waals surface area contributed by atoms with Gasteiger partial charge in [-0.1, -0.05) is 12.1 Å². The van der Waals surface area contributed by atoms with Crippen LogP contribution in [-0.2, 0) is 0 Å². The molecule has 2 aromatic rings. The molecular weight excluding hydrogens is 179 g/mol. The molecule has 2 aromatic carbocycles. The highest BCUT2D eigenvalue weighted by atomic mass is 19.1. The first-order valence-electron chi connectivity index (χ1n) is 4.24. The van der Waals surface area contributed by atoms with E-state index in [1.54, 1.807) is 24.3 Å². The normalized spacial score (nSPS) is 9.79. The zero-order valence-electron chi connectivity index (χ0n) is 7.41. The average Bonchev–Trinajstić information content (AvgIpc) is 2.23. The van der Waals surface area contributed by atoms with E-state index in [1.807, 2.05) is 12.1 Å². The van der Waals surface area contributed by atoms with Crippen molar-refractivity contribution in [3.05, 3.63) is 60.4 Å². The van der Waals surface area contributed by atoms with Gasteiger partial charge in [0.15, 0.2) is 0 Å². The van der Waals surface area contributed by atoms with Gasteiger partial charge in [-0.2, -0.15) is 0 Å². The molecule has 0 saturated carbocycles. The van der Waals surface area contributed by atoms with Crippen LogP contribution in [0.25, 0.3) is 0 Å². The van der Waals surface area contributed by atoms with Crippen LogP contribution < -0.4 is 4.74 Å². The highest BCUT2D eigenvalue weighted by molar-refractivity contribution is 5.30. The molecule has 0 aliphatic heterocycles. The third kappa shape index (κ3) is 2.10. The van der Waals surface area contributed by atoms with Crippen LogP contribution in [0.2, 0.25) is 0 Å². The molecule has 0 heterocycles. The SMILES string of the molecule is Fc1ccc(Oc2c[c]ccc2)cc1. The maximum atomic E-state index is 12.6. The maximum absolute atomic E-state index is 12.6. The molecule has 0 unspecified atom stereocenters. The fourth-order valence-corrected chi connectivity index (χ4v) is 1.08. The van der Waals surface area contributed by atoms with E-state index in [0.29, 0.717) is 11.5 Å². The summed E-state index contributed by atoms with van der Waals surface area (Å²) in [6, 6.07) is 16.0. The Labute approximate surface area is 81.8 Å². The van der Waals surface area contributed by atoms with Crippen molar-refractivity contribution in [3.63, 3.8) is 0 Å². The van der Waals surface area contributed by atoms with Crippen LogP contribution in [0, 0.1) is 11.9 Å². The molecule has 0 spiro atoms. The minimum Gasteiger partial charge on any atom is -0.457 e. The summed E-state index contributed by atoms with van der Waals surface area (Å²) in [5, 5.41) is 0. The number of halogens is 1. The van der Waals surface area contributed by atoms with Crippen molar-refractivity contribution in [2.75, 3.05) is 0 Å². The van der Waals surface area contributed by atoms with Gasteiger partial charge in [0.2, 0.25) is 0 Å². The molecule has 0 aromatic heterocycles. The van der Waals surface area contributed by atoms with Gasteiger partial charge in [-0.3, -0.25) is 0 Å². The summed E-state index contributed by atoms with van der Waals surface area (Å²) < 4.78 is 18.0. The van der Waals surface area contributed by atoms with Gasteiger partial charge >= 0.3 is 0 Å². The lowest BCUT2D eigenvalue weighted by atomic mass is 10.3. The maximum Gasteiger partial charge on any atom is 0.128 e. The Morgan fingerprint density at radius 3 is 2.43 bits per heavy atom. The summed E-state index contributed by atoms with van der Waals surface area (Å²) in [7, 11) is 0. The molecule has 0 saturated heterocycles. The molecule has 0 atom stereocenters. The quantitative estimate of drug-likeness (QED) is 0.700. The van der Waals surface area contributed by atoms with Crippen LogP contribution in [0.15, 0.2) is 48.5 Å². The van der Waals surface area contributed by atoms with Crippen molar-refractivity contribution in [2.24, 2.45) is 0 Å². The Morgan fingerprint density at radius 1 is 1.00 bits per heavy atom. The van der Waals surface area contributed by atoms with E-state index >= 15 is 0 Å². The zero-order chi connectivity index (χ0) is 9.80. The second kappa shape index (κ2) is 3.92. The van der Waals surface area contributed by atoms with Gasteiger partial charge in [-0.15, -0.1) is 0 Å². The van der Waals surface area contributed by atoms with Crippen molar-refractivity contribution in [1.29, 1.82) is 0 Å². The second-order valence-electron chi connectivity index (χ2n) is 2.80. The van der Waals surface area contributed by atoms with E-state index < -0.39 is 0 Å². The molecule has 0 fully saturated rings. The lowest BCUT2D eigenvalue weighted by Gasteiger charge is -2.03. The zero-order valence-corrected chi connectivity index (χ0v) is 7.41. The van der Waals surface area contributed by atoms with Gasteiger partial charge in [0.05, 0.1) is 0 Å². The molecule has 0 amide bonds. The van der Waals surface area contributed by atoms with Crippen LogP contribution >= 0.6 is 0 Å². The minimum absolute atomic E-state index is 0.267. The average molecular weight is 187 g/mol. The first kappa shape index (κ1) is 8.75. The van der Waals surface area contributed by atoms with E-state index in [9.17, 15) is 4.39 Å². The molecular formula is C12H8FO. The van der Waals surface area contributed by atoms with Crippen molar-refractivity contribution >= 4 is 0 Å². The summed E-state index contributed by atoms with van der Waals surface area (Å²) in [6.07, 6.45) is 0. The van der Waals surface area contributed by atoms with E-state index in [1.165, 1.54) is 12.1 Å². The van der Waals surface area contributed by atoms with E-state index in [2.05, 4.69) is 6.07 Å². The molecule has 1 nitrogen and oxygen atoms in total. The summed E-state index contributed by atoms with van der Waals surface area (Å²) in [5.74, 6) is 1.04. The van der Waals surface area contributed by atoms with Gasteiger partial charge in [-0.05, 0) is 42.5 Å². The molecule has 1 radical (unpaired) electrons. The van der Waals surface area contributed by atoms with E-state index in [-0.39, 0.29) is 5.82 Å². The van der Waals surface area contributed by atoms with Crippen molar-refractivity contribution in [1.82, 2.24) is 0 Å². The highest BCUT2D eigenvalue weighted by Crippen LogP contribution is 2.20. The number of hydrogen-bond acceptors (Lipinski definition) is 1. The lowest BCUT2D eigenvalue weighted by molar-refractivity contribution is 0.480. The first-order chi connectivity index (χ1) is 6.84. The predicted octanol–water partition coefficient (Wildman–Crippen LogP) is 3.42.